The van der Waals surface area contributed by atoms with E-state index in [-0.39, 0.29) is 5.69 Å². The Morgan fingerprint density at radius 3 is 2.95 bits per heavy atom. The average molecular weight is 284 g/mol. The minimum atomic E-state index is -0.609. The normalized spacial score (nSPS) is 11.9. The Bertz CT molecular complexity index is 453. The van der Waals surface area contributed by atoms with Crippen molar-refractivity contribution >= 4 is 23.4 Å². The number of carbonyl (C=O) groups excluding carboxylic acids is 1. The molecule has 0 heterocycles. The van der Waals surface area contributed by atoms with Crippen molar-refractivity contribution in [2.45, 2.75) is 18.2 Å². The van der Waals surface area contributed by atoms with Gasteiger partial charge in [0.25, 0.3) is 5.69 Å². The van der Waals surface area contributed by atoms with E-state index in [9.17, 15) is 14.9 Å². The Kier molecular flexibility index (Phi) is 6.31. The zero-order valence-corrected chi connectivity index (χ0v) is 11.4. The van der Waals surface area contributed by atoms with Crippen molar-refractivity contribution in [2.75, 3.05) is 12.9 Å². The number of nitrogens with two attached hydrogens (primary N) is 1. The van der Waals surface area contributed by atoms with Gasteiger partial charge >= 0.3 is 5.97 Å². The molecule has 0 saturated heterocycles. The number of nitrogens with zero attached hydrogens (tertiary/aromatic N) is 1. The summed E-state index contributed by atoms with van der Waals surface area (Å²) in [5.41, 5.74) is 6.56. The lowest BCUT2D eigenvalue weighted by Crippen LogP contribution is -2.31. The first-order valence-electron chi connectivity index (χ1n) is 5.69. The minimum absolute atomic E-state index is 0.0874. The summed E-state index contributed by atoms with van der Waals surface area (Å²) in [5.74, 6) is 0.921. The lowest BCUT2D eigenvalue weighted by Gasteiger charge is -2.08. The van der Waals surface area contributed by atoms with Gasteiger partial charge in [0.1, 0.15) is 6.04 Å². The fourth-order valence-corrected chi connectivity index (χ4v) is 2.41. The first-order valence-corrected chi connectivity index (χ1v) is 6.84. The van der Waals surface area contributed by atoms with Crippen LogP contribution >= 0.6 is 11.8 Å². The van der Waals surface area contributed by atoms with Crippen LogP contribution in [0.1, 0.15) is 12.0 Å². The topological polar surface area (TPSA) is 95.5 Å². The second kappa shape index (κ2) is 7.75. The molecule has 0 aliphatic rings. The number of nitro groups is 1. The molecule has 2 N–H and O–H groups in total. The molecular formula is C12H16N2O4S. The highest BCUT2D eigenvalue weighted by Crippen LogP contribution is 2.18. The summed E-state index contributed by atoms with van der Waals surface area (Å²) < 4.78 is 4.52. The number of methoxy groups -OCH3 is 1. The fourth-order valence-electron chi connectivity index (χ4n) is 1.43. The number of thioether (sulfide) groups is 1. The first kappa shape index (κ1) is 15.5. The Balaban J connectivity index is 2.35. The van der Waals surface area contributed by atoms with Crippen molar-refractivity contribution in [3.05, 3.63) is 39.9 Å². The monoisotopic (exact) mass is 284 g/mol. The van der Waals surface area contributed by atoms with Crippen molar-refractivity contribution in [3.63, 3.8) is 0 Å². The van der Waals surface area contributed by atoms with Gasteiger partial charge in [-0.2, -0.15) is 11.8 Å². The number of hydrogen-bond donors (Lipinski definition) is 1. The molecule has 0 saturated carbocycles. The van der Waals surface area contributed by atoms with Crippen LogP contribution in [0.15, 0.2) is 24.3 Å². The third-order valence-electron chi connectivity index (χ3n) is 2.47. The van der Waals surface area contributed by atoms with Crippen LogP contribution < -0.4 is 5.73 Å². The van der Waals surface area contributed by atoms with E-state index in [1.54, 1.807) is 23.9 Å². The van der Waals surface area contributed by atoms with E-state index >= 15 is 0 Å². The minimum Gasteiger partial charge on any atom is -0.468 e. The van der Waals surface area contributed by atoms with Crippen molar-refractivity contribution in [1.82, 2.24) is 0 Å². The summed E-state index contributed by atoms with van der Waals surface area (Å²) in [5, 5.41) is 10.6. The Hall–Kier alpha value is -1.60. The molecule has 0 aliphatic heterocycles. The molecule has 0 aliphatic carbocycles. The summed E-state index contributed by atoms with van der Waals surface area (Å²) in [6.07, 6.45) is 0.520. The van der Waals surface area contributed by atoms with Gasteiger partial charge in [-0.25, -0.2) is 0 Å². The largest absolute Gasteiger partial charge is 0.468 e. The van der Waals surface area contributed by atoms with Crippen LogP contribution in [-0.4, -0.2) is 29.8 Å². The number of rotatable bonds is 7. The maximum absolute atomic E-state index is 11.1. The summed E-state index contributed by atoms with van der Waals surface area (Å²) in [6, 6.07) is 5.89. The van der Waals surface area contributed by atoms with E-state index in [4.69, 9.17) is 5.73 Å². The smallest absolute Gasteiger partial charge is 0.322 e. The third-order valence-corrected chi connectivity index (χ3v) is 3.53. The van der Waals surface area contributed by atoms with Crippen molar-refractivity contribution in [3.8, 4) is 0 Å². The van der Waals surface area contributed by atoms with E-state index in [1.807, 2.05) is 6.07 Å². The molecular weight excluding hydrogens is 268 g/mol. The lowest BCUT2D eigenvalue weighted by molar-refractivity contribution is -0.384. The lowest BCUT2D eigenvalue weighted by atomic mass is 10.2. The third kappa shape index (κ3) is 5.27. The van der Waals surface area contributed by atoms with Gasteiger partial charge in [0.15, 0.2) is 0 Å². The van der Waals surface area contributed by atoms with Gasteiger partial charge in [0, 0.05) is 17.9 Å². The maximum atomic E-state index is 11.1. The molecule has 1 aromatic carbocycles. The van der Waals surface area contributed by atoms with Crippen LogP contribution in [0.25, 0.3) is 0 Å². The van der Waals surface area contributed by atoms with E-state index in [0.717, 1.165) is 5.56 Å². The standard InChI is InChI=1S/C12H16N2O4S/c1-18-12(15)11(13)5-6-19-8-9-3-2-4-10(7-9)14(16)17/h2-4,7,11H,5-6,8,13H2,1H3. The van der Waals surface area contributed by atoms with E-state index in [0.29, 0.717) is 17.9 Å². The number of hydrogen-bond acceptors (Lipinski definition) is 6. The van der Waals surface area contributed by atoms with Crippen LogP contribution in [0, 0.1) is 10.1 Å². The van der Waals surface area contributed by atoms with Crippen molar-refractivity contribution < 1.29 is 14.5 Å². The van der Waals surface area contributed by atoms with Gasteiger partial charge in [-0.1, -0.05) is 12.1 Å². The molecule has 1 aromatic rings. The van der Waals surface area contributed by atoms with Crippen molar-refractivity contribution in [2.24, 2.45) is 5.73 Å². The number of non-ortho nitro benzene ring substituents is 1. The molecule has 19 heavy (non-hydrogen) atoms. The molecule has 7 heteroatoms. The number of carbonyl (C=O) groups is 1. The van der Waals surface area contributed by atoms with Crippen LogP contribution in [0.2, 0.25) is 0 Å². The summed E-state index contributed by atoms with van der Waals surface area (Å²) in [4.78, 5) is 21.3. The maximum Gasteiger partial charge on any atom is 0.322 e. The molecule has 0 radical (unpaired) electrons. The zero-order chi connectivity index (χ0) is 14.3. The molecule has 1 unspecified atom stereocenters. The predicted octanol–water partition coefficient (Wildman–Crippen LogP) is 1.72. The zero-order valence-electron chi connectivity index (χ0n) is 10.6. The van der Waals surface area contributed by atoms with Crippen molar-refractivity contribution in [1.29, 1.82) is 0 Å². The number of nitro benzene ring substituents is 1. The fraction of sp³-hybridized carbons (Fsp3) is 0.417. The molecule has 0 spiro atoms. The second-order valence-corrected chi connectivity index (χ2v) is 5.00. The Morgan fingerprint density at radius 1 is 1.58 bits per heavy atom. The van der Waals surface area contributed by atoms with Gasteiger partial charge in [0.05, 0.1) is 12.0 Å². The highest BCUT2D eigenvalue weighted by Gasteiger charge is 2.13. The van der Waals surface area contributed by atoms with Gasteiger partial charge in [-0.15, -0.1) is 0 Å². The van der Waals surface area contributed by atoms with Crippen LogP contribution in [0.4, 0.5) is 5.69 Å². The Labute approximate surface area is 115 Å². The Morgan fingerprint density at radius 2 is 2.32 bits per heavy atom. The molecule has 1 rings (SSSR count). The van der Waals surface area contributed by atoms with Gasteiger partial charge in [-0.05, 0) is 17.7 Å². The van der Waals surface area contributed by atoms with E-state index in [2.05, 4.69) is 4.74 Å². The number of esters is 1. The highest BCUT2D eigenvalue weighted by atomic mass is 32.2. The van der Waals surface area contributed by atoms with Crippen LogP contribution in [0.3, 0.4) is 0 Å². The van der Waals surface area contributed by atoms with Crippen LogP contribution in [0.5, 0.6) is 0 Å². The van der Waals surface area contributed by atoms with E-state index < -0.39 is 16.9 Å². The van der Waals surface area contributed by atoms with Crippen LogP contribution in [-0.2, 0) is 15.3 Å². The predicted molar refractivity (Wildman–Crippen MR) is 73.9 cm³/mol. The van der Waals surface area contributed by atoms with Gasteiger partial charge in [0.2, 0.25) is 0 Å². The summed E-state index contributed by atoms with van der Waals surface area (Å²) in [7, 11) is 1.30. The molecule has 6 nitrogen and oxygen atoms in total. The van der Waals surface area contributed by atoms with Gasteiger partial charge < -0.3 is 10.5 Å². The molecule has 0 amide bonds. The number of ether oxygens (including phenoxy) is 1. The van der Waals surface area contributed by atoms with E-state index in [1.165, 1.54) is 13.2 Å². The number of benzene rings is 1. The first-order chi connectivity index (χ1) is 9.04. The molecule has 104 valence electrons. The molecule has 0 bridgehead atoms. The summed E-state index contributed by atoms with van der Waals surface area (Å²) in [6.45, 7) is 0. The quantitative estimate of drug-likeness (QED) is 0.354. The second-order valence-electron chi connectivity index (χ2n) is 3.90. The van der Waals surface area contributed by atoms with Gasteiger partial charge in [-0.3, -0.25) is 14.9 Å². The summed E-state index contributed by atoms with van der Waals surface area (Å²) >= 11 is 1.57. The highest BCUT2D eigenvalue weighted by molar-refractivity contribution is 7.98. The average Bonchev–Trinajstić information content (AvgIpc) is 2.42. The molecule has 0 fully saturated rings. The SMILES string of the molecule is COC(=O)C(N)CCSCc1cccc([N+](=O)[O-])c1. The molecule has 0 aromatic heterocycles. The molecule has 1 atom stereocenters.